The average molecular weight is 364 g/mol. The number of aryl methyl sites for hydroxylation is 1. The van der Waals surface area contributed by atoms with Gasteiger partial charge in [0.05, 0.1) is 30.6 Å². The van der Waals surface area contributed by atoms with E-state index in [1.165, 1.54) is 0 Å². The van der Waals surface area contributed by atoms with Crippen molar-refractivity contribution >= 4 is 5.91 Å². The van der Waals surface area contributed by atoms with Crippen LogP contribution in [0.15, 0.2) is 54.9 Å². The van der Waals surface area contributed by atoms with Crippen LogP contribution in [0.25, 0.3) is 5.69 Å². The highest BCUT2D eigenvalue weighted by Crippen LogP contribution is 2.18. The van der Waals surface area contributed by atoms with Gasteiger partial charge in [-0.3, -0.25) is 9.78 Å². The normalized spacial score (nSPS) is 10.6. The lowest BCUT2D eigenvalue weighted by molar-refractivity contribution is -0.120. The maximum atomic E-state index is 12.3. The smallest absolute Gasteiger partial charge is 0.224 e. The van der Waals surface area contributed by atoms with E-state index < -0.39 is 0 Å². The molecule has 2 heterocycles. The third kappa shape index (κ3) is 4.94. The highest BCUT2D eigenvalue weighted by Gasteiger charge is 2.15. The Morgan fingerprint density at radius 1 is 1.15 bits per heavy atom. The van der Waals surface area contributed by atoms with Gasteiger partial charge >= 0.3 is 0 Å². The van der Waals surface area contributed by atoms with Crippen molar-refractivity contribution in [2.45, 2.75) is 26.7 Å². The molecule has 0 bridgehead atoms. The summed E-state index contributed by atoms with van der Waals surface area (Å²) in [6, 6.07) is 13.6. The second-order valence-corrected chi connectivity index (χ2v) is 6.31. The Balaban J connectivity index is 1.49. The molecule has 0 radical (unpaired) electrons. The summed E-state index contributed by atoms with van der Waals surface area (Å²) in [5.41, 5.74) is 3.85. The number of rotatable bonds is 8. The number of carbonyl (C=O) groups excluding carboxylic acids is 1. The van der Waals surface area contributed by atoms with E-state index in [4.69, 9.17) is 4.74 Å². The monoisotopic (exact) mass is 364 g/mol. The number of hydrogen-bond donors (Lipinski definition) is 1. The van der Waals surface area contributed by atoms with Crippen LogP contribution in [-0.4, -0.2) is 33.8 Å². The fourth-order valence-electron chi connectivity index (χ4n) is 2.90. The molecule has 3 aromatic rings. The molecule has 0 fully saturated rings. The predicted octanol–water partition coefficient (Wildman–Crippen LogP) is 3.01. The second kappa shape index (κ2) is 8.98. The Hall–Kier alpha value is -3.15. The fourth-order valence-corrected chi connectivity index (χ4v) is 2.90. The van der Waals surface area contributed by atoms with Crippen LogP contribution < -0.4 is 10.1 Å². The standard InChI is InChI=1S/C21H24N4O2/c1-16-20(17(2)25(24-16)18-8-4-3-5-9-18)14-21(26)23-12-7-13-27-19-10-6-11-22-15-19/h3-6,8-11,15H,7,12-14H2,1-2H3,(H,23,26). The van der Waals surface area contributed by atoms with E-state index in [1.54, 1.807) is 12.4 Å². The van der Waals surface area contributed by atoms with E-state index in [0.717, 1.165) is 34.8 Å². The van der Waals surface area contributed by atoms with Gasteiger partial charge in [0.2, 0.25) is 5.91 Å². The zero-order valence-corrected chi connectivity index (χ0v) is 15.7. The van der Waals surface area contributed by atoms with Crippen LogP contribution in [0.1, 0.15) is 23.4 Å². The van der Waals surface area contributed by atoms with Crippen molar-refractivity contribution in [2.75, 3.05) is 13.2 Å². The Morgan fingerprint density at radius 2 is 1.96 bits per heavy atom. The summed E-state index contributed by atoms with van der Waals surface area (Å²) >= 11 is 0. The highest BCUT2D eigenvalue weighted by atomic mass is 16.5. The van der Waals surface area contributed by atoms with Crippen LogP contribution in [0.5, 0.6) is 5.75 Å². The highest BCUT2D eigenvalue weighted by molar-refractivity contribution is 5.79. The zero-order chi connectivity index (χ0) is 19.1. The number of aromatic nitrogens is 3. The number of ether oxygens (including phenoxy) is 1. The van der Waals surface area contributed by atoms with E-state index in [9.17, 15) is 4.79 Å². The van der Waals surface area contributed by atoms with Crippen molar-refractivity contribution in [3.63, 3.8) is 0 Å². The number of nitrogens with zero attached hydrogens (tertiary/aromatic N) is 3. The fraction of sp³-hybridized carbons (Fsp3) is 0.286. The maximum absolute atomic E-state index is 12.3. The molecule has 0 spiro atoms. The molecule has 0 atom stereocenters. The summed E-state index contributed by atoms with van der Waals surface area (Å²) in [6.45, 7) is 5.05. The molecular weight excluding hydrogens is 340 g/mol. The molecule has 0 aliphatic rings. The molecule has 2 aromatic heterocycles. The minimum absolute atomic E-state index is 0.00445. The van der Waals surface area contributed by atoms with Gasteiger partial charge in [0.15, 0.2) is 0 Å². The molecule has 27 heavy (non-hydrogen) atoms. The Bertz CT molecular complexity index is 876. The molecule has 0 saturated heterocycles. The van der Waals surface area contributed by atoms with Gasteiger partial charge in [0.25, 0.3) is 0 Å². The summed E-state index contributed by atoms with van der Waals surface area (Å²) < 4.78 is 7.46. The van der Waals surface area contributed by atoms with Crippen molar-refractivity contribution < 1.29 is 9.53 Å². The Morgan fingerprint density at radius 3 is 2.70 bits per heavy atom. The van der Waals surface area contributed by atoms with Gasteiger partial charge in [-0.15, -0.1) is 0 Å². The van der Waals surface area contributed by atoms with Gasteiger partial charge in [-0.1, -0.05) is 18.2 Å². The van der Waals surface area contributed by atoms with Gasteiger partial charge < -0.3 is 10.1 Å². The van der Waals surface area contributed by atoms with E-state index >= 15 is 0 Å². The molecule has 0 aliphatic heterocycles. The molecule has 0 aliphatic carbocycles. The Labute approximate surface area is 159 Å². The van der Waals surface area contributed by atoms with Crippen molar-refractivity contribution in [2.24, 2.45) is 0 Å². The topological polar surface area (TPSA) is 69.0 Å². The molecule has 140 valence electrons. The minimum atomic E-state index is -0.00445. The summed E-state index contributed by atoms with van der Waals surface area (Å²) in [5, 5.41) is 7.54. The number of benzene rings is 1. The van der Waals surface area contributed by atoms with Crippen molar-refractivity contribution in [1.82, 2.24) is 20.1 Å². The number of para-hydroxylation sites is 1. The third-order valence-electron chi connectivity index (χ3n) is 4.33. The van der Waals surface area contributed by atoms with Crippen LogP contribution in [0, 0.1) is 13.8 Å². The van der Waals surface area contributed by atoms with E-state index in [0.29, 0.717) is 19.6 Å². The first-order chi connectivity index (χ1) is 13.1. The first-order valence-corrected chi connectivity index (χ1v) is 9.05. The lowest BCUT2D eigenvalue weighted by Gasteiger charge is -2.08. The quantitative estimate of drug-likeness (QED) is 0.624. The first kappa shape index (κ1) is 18.6. The van der Waals surface area contributed by atoms with Crippen LogP contribution >= 0.6 is 0 Å². The molecule has 6 heteroatoms. The van der Waals surface area contributed by atoms with Crippen molar-refractivity contribution in [3.8, 4) is 11.4 Å². The van der Waals surface area contributed by atoms with Gasteiger partial charge in [0.1, 0.15) is 5.75 Å². The van der Waals surface area contributed by atoms with Crippen molar-refractivity contribution in [1.29, 1.82) is 0 Å². The molecular formula is C21H24N4O2. The van der Waals surface area contributed by atoms with Gasteiger partial charge in [-0.25, -0.2) is 4.68 Å². The molecule has 0 unspecified atom stereocenters. The number of carbonyl (C=O) groups is 1. The van der Waals surface area contributed by atoms with Gasteiger partial charge in [0, 0.05) is 24.0 Å². The third-order valence-corrected chi connectivity index (χ3v) is 4.33. The van der Waals surface area contributed by atoms with Gasteiger partial charge in [-0.05, 0) is 44.5 Å². The van der Waals surface area contributed by atoms with E-state index in [-0.39, 0.29) is 5.91 Å². The van der Waals surface area contributed by atoms with Crippen molar-refractivity contribution in [3.05, 3.63) is 71.8 Å². The summed E-state index contributed by atoms with van der Waals surface area (Å²) in [6.07, 6.45) is 4.45. The molecule has 1 N–H and O–H groups in total. The molecule has 0 saturated carbocycles. The van der Waals surface area contributed by atoms with Crippen LogP contribution in [-0.2, 0) is 11.2 Å². The van der Waals surface area contributed by atoms with E-state index in [1.807, 2.05) is 61.0 Å². The zero-order valence-electron chi connectivity index (χ0n) is 15.7. The molecule has 1 amide bonds. The predicted molar refractivity (Wildman–Crippen MR) is 104 cm³/mol. The van der Waals surface area contributed by atoms with Crippen LogP contribution in [0.3, 0.4) is 0 Å². The lowest BCUT2D eigenvalue weighted by atomic mass is 10.1. The lowest BCUT2D eigenvalue weighted by Crippen LogP contribution is -2.27. The number of amides is 1. The summed E-state index contributed by atoms with van der Waals surface area (Å²) in [7, 11) is 0. The molecule has 1 aromatic carbocycles. The maximum Gasteiger partial charge on any atom is 0.224 e. The minimum Gasteiger partial charge on any atom is -0.492 e. The molecule has 6 nitrogen and oxygen atoms in total. The van der Waals surface area contributed by atoms with Gasteiger partial charge in [-0.2, -0.15) is 5.10 Å². The summed E-state index contributed by atoms with van der Waals surface area (Å²) in [5.74, 6) is 0.735. The van der Waals surface area contributed by atoms with Crippen LogP contribution in [0.4, 0.5) is 0 Å². The largest absolute Gasteiger partial charge is 0.492 e. The summed E-state index contributed by atoms with van der Waals surface area (Å²) in [4.78, 5) is 16.3. The number of nitrogens with one attached hydrogen (secondary N) is 1. The SMILES string of the molecule is Cc1nn(-c2ccccc2)c(C)c1CC(=O)NCCCOc1cccnc1. The average Bonchev–Trinajstić information content (AvgIpc) is 2.97. The van der Waals surface area contributed by atoms with Crippen LogP contribution in [0.2, 0.25) is 0 Å². The molecule has 3 rings (SSSR count). The van der Waals surface area contributed by atoms with E-state index in [2.05, 4.69) is 15.4 Å². The number of pyridine rings is 1. The Kier molecular flexibility index (Phi) is 6.20. The first-order valence-electron chi connectivity index (χ1n) is 9.05. The second-order valence-electron chi connectivity index (χ2n) is 6.31. The number of hydrogen-bond acceptors (Lipinski definition) is 4.